The molecule has 146 valence electrons. The number of alkyl halides is 3. The van der Waals surface area contributed by atoms with Crippen molar-refractivity contribution in [3.05, 3.63) is 53.5 Å². The van der Waals surface area contributed by atoms with Gasteiger partial charge in [-0.3, -0.25) is 4.79 Å². The van der Waals surface area contributed by atoms with Crippen LogP contribution in [0.5, 0.6) is 0 Å². The van der Waals surface area contributed by atoms with E-state index in [4.69, 9.17) is 0 Å². The maximum atomic E-state index is 12.7. The number of aromatic nitrogens is 4. The predicted molar refractivity (Wildman–Crippen MR) is 95.1 cm³/mol. The van der Waals surface area contributed by atoms with Crippen LogP contribution in [0.4, 0.5) is 19.0 Å². The molecule has 1 amide bonds. The minimum Gasteiger partial charge on any atom is -0.353 e. The third-order valence-electron chi connectivity index (χ3n) is 4.71. The highest BCUT2D eigenvalue weighted by atomic mass is 19.4. The predicted octanol–water partition coefficient (Wildman–Crippen LogP) is 2.41. The molecule has 10 heteroatoms. The van der Waals surface area contributed by atoms with Crippen molar-refractivity contribution in [3.63, 3.8) is 0 Å². The second-order valence-corrected chi connectivity index (χ2v) is 6.58. The molecule has 1 fully saturated rings. The summed E-state index contributed by atoms with van der Waals surface area (Å²) in [6.07, 6.45) is -2.97. The van der Waals surface area contributed by atoms with Gasteiger partial charge in [-0.2, -0.15) is 27.8 Å². The van der Waals surface area contributed by atoms with Crippen LogP contribution in [0.1, 0.15) is 21.6 Å². The van der Waals surface area contributed by atoms with Crippen molar-refractivity contribution in [1.82, 2.24) is 24.5 Å². The molecule has 1 aliphatic heterocycles. The fourth-order valence-electron chi connectivity index (χ4n) is 3.26. The molecule has 3 heterocycles. The highest BCUT2D eigenvalue weighted by Gasteiger charge is 2.31. The maximum absolute atomic E-state index is 12.7. The van der Waals surface area contributed by atoms with E-state index < -0.39 is 11.7 Å². The first-order valence-corrected chi connectivity index (χ1v) is 8.72. The van der Waals surface area contributed by atoms with Crippen molar-refractivity contribution in [3.8, 4) is 0 Å². The molecule has 3 aromatic rings. The molecular formula is C18H17F3N6O. The molecule has 0 radical (unpaired) electrons. The second kappa shape index (κ2) is 6.77. The lowest BCUT2D eigenvalue weighted by atomic mass is 10.1. The summed E-state index contributed by atoms with van der Waals surface area (Å²) in [6, 6.07) is 6.23. The van der Waals surface area contributed by atoms with E-state index >= 15 is 0 Å². The van der Waals surface area contributed by atoms with Crippen LogP contribution in [0.25, 0.3) is 5.78 Å². The Morgan fingerprint density at radius 2 is 1.75 bits per heavy atom. The summed E-state index contributed by atoms with van der Waals surface area (Å²) in [5.41, 5.74) is 0.303. The smallest absolute Gasteiger partial charge is 0.353 e. The Labute approximate surface area is 158 Å². The third-order valence-corrected chi connectivity index (χ3v) is 4.71. The van der Waals surface area contributed by atoms with Gasteiger partial charge in [0.15, 0.2) is 0 Å². The zero-order valence-corrected chi connectivity index (χ0v) is 15.0. The van der Waals surface area contributed by atoms with Crippen LogP contribution in [-0.4, -0.2) is 56.6 Å². The summed E-state index contributed by atoms with van der Waals surface area (Å²) in [4.78, 5) is 24.8. The van der Waals surface area contributed by atoms with E-state index in [1.165, 1.54) is 18.5 Å². The van der Waals surface area contributed by atoms with E-state index in [0.717, 1.165) is 23.6 Å². The Bertz CT molecular complexity index is 1010. The van der Waals surface area contributed by atoms with Gasteiger partial charge in [0.1, 0.15) is 12.1 Å². The molecular weight excluding hydrogens is 373 g/mol. The van der Waals surface area contributed by atoms with Gasteiger partial charge in [-0.25, -0.2) is 4.98 Å². The van der Waals surface area contributed by atoms with Gasteiger partial charge >= 0.3 is 6.18 Å². The Morgan fingerprint density at radius 3 is 2.39 bits per heavy atom. The topological polar surface area (TPSA) is 66.6 Å². The summed E-state index contributed by atoms with van der Waals surface area (Å²) in [6.45, 7) is 3.94. The molecule has 1 aromatic carbocycles. The maximum Gasteiger partial charge on any atom is 0.416 e. The number of aryl methyl sites for hydroxylation is 1. The first-order chi connectivity index (χ1) is 13.3. The van der Waals surface area contributed by atoms with Gasteiger partial charge in [-0.05, 0) is 31.2 Å². The molecule has 7 nitrogen and oxygen atoms in total. The third kappa shape index (κ3) is 3.37. The van der Waals surface area contributed by atoms with Crippen molar-refractivity contribution < 1.29 is 18.0 Å². The minimum absolute atomic E-state index is 0.250. The number of rotatable bonds is 2. The molecule has 28 heavy (non-hydrogen) atoms. The Balaban J connectivity index is 1.46. The summed E-state index contributed by atoms with van der Waals surface area (Å²) in [7, 11) is 0. The number of benzene rings is 1. The number of hydrogen-bond donors (Lipinski definition) is 0. The Morgan fingerprint density at radius 1 is 1.07 bits per heavy atom. The van der Waals surface area contributed by atoms with Crippen molar-refractivity contribution in [2.45, 2.75) is 13.1 Å². The minimum atomic E-state index is -4.41. The summed E-state index contributed by atoms with van der Waals surface area (Å²) >= 11 is 0. The zero-order chi connectivity index (χ0) is 19.9. The van der Waals surface area contributed by atoms with E-state index in [-0.39, 0.29) is 11.5 Å². The largest absolute Gasteiger partial charge is 0.416 e. The van der Waals surface area contributed by atoms with Gasteiger partial charge in [0.05, 0.1) is 5.56 Å². The van der Waals surface area contributed by atoms with Gasteiger partial charge < -0.3 is 9.80 Å². The fourth-order valence-corrected chi connectivity index (χ4v) is 3.26. The molecule has 2 aromatic heterocycles. The molecule has 4 rings (SSSR count). The van der Waals surface area contributed by atoms with Gasteiger partial charge in [0.25, 0.3) is 11.7 Å². The van der Waals surface area contributed by atoms with Gasteiger partial charge in [0.2, 0.25) is 0 Å². The van der Waals surface area contributed by atoms with Crippen LogP contribution in [0, 0.1) is 6.92 Å². The Hall–Kier alpha value is -3.17. The number of carbonyl (C=O) groups is 1. The van der Waals surface area contributed by atoms with E-state index in [9.17, 15) is 18.0 Å². The molecule has 1 saturated heterocycles. The van der Waals surface area contributed by atoms with Crippen LogP contribution in [0.2, 0.25) is 0 Å². The molecule has 0 spiro atoms. The van der Waals surface area contributed by atoms with Crippen LogP contribution < -0.4 is 4.90 Å². The Kier molecular flexibility index (Phi) is 4.40. The van der Waals surface area contributed by atoms with Gasteiger partial charge in [0, 0.05) is 43.5 Å². The highest BCUT2D eigenvalue weighted by molar-refractivity contribution is 5.94. The number of amides is 1. The number of fused-ring (bicyclic) bond motifs is 1. The van der Waals surface area contributed by atoms with Crippen LogP contribution in [0.3, 0.4) is 0 Å². The number of piperazine rings is 1. The first kappa shape index (κ1) is 18.2. The summed E-state index contributed by atoms with van der Waals surface area (Å²) in [5, 5.41) is 4.19. The van der Waals surface area contributed by atoms with E-state index in [1.54, 1.807) is 9.42 Å². The number of anilines is 1. The van der Waals surface area contributed by atoms with Crippen molar-refractivity contribution >= 4 is 17.5 Å². The van der Waals surface area contributed by atoms with Crippen LogP contribution >= 0.6 is 0 Å². The normalized spacial score (nSPS) is 15.3. The van der Waals surface area contributed by atoms with Crippen LogP contribution in [0.15, 0.2) is 36.7 Å². The second-order valence-electron chi connectivity index (χ2n) is 6.58. The number of nitrogens with zero attached hydrogens (tertiary/aromatic N) is 6. The van der Waals surface area contributed by atoms with E-state index in [2.05, 4.69) is 20.0 Å². The summed E-state index contributed by atoms with van der Waals surface area (Å²) in [5.74, 6) is 1.09. The van der Waals surface area contributed by atoms with Gasteiger partial charge in [-0.1, -0.05) is 0 Å². The van der Waals surface area contributed by atoms with Crippen molar-refractivity contribution in [2.75, 3.05) is 31.1 Å². The SMILES string of the molecule is Cc1cc(N2CCN(C(=O)c3ccc(C(F)(F)F)cc3)CC2)n2ncnc2n1. The number of halogens is 3. The lowest BCUT2D eigenvalue weighted by Crippen LogP contribution is -2.49. The standard InChI is InChI=1S/C18H17F3N6O/c1-12-10-15(27-17(24-12)22-11-23-27)25-6-8-26(9-7-25)16(28)13-2-4-14(5-3-13)18(19,20)21/h2-5,10-11H,6-9H2,1H3. The molecule has 1 aliphatic rings. The monoisotopic (exact) mass is 390 g/mol. The summed E-state index contributed by atoms with van der Waals surface area (Å²) < 4.78 is 39.7. The molecule has 0 unspecified atom stereocenters. The first-order valence-electron chi connectivity index (χ1n) is 8.72. The lowest BCUT2D eigenvalue weighted by molar-refractivity contribution is -0.137. The average molecular weight is 390 g/mol. The average Bonchev–Trinajstić information content (AvgIpc) is 3.14. The molecule has 0 aliphatic carbocycles. The molecule has 0 atom stereocenters. The van der Waals surface area contributed by atoms with Gasteiger partial charge in [-0.15, -0.1) is 0 Å². The quantitative estimate of drug-likeness (QED) is 0.672. The van der Waals surface area contributed by atoms with Crippen LogP contribution in [-0.2, 0) is 6.18 Å². The molecule has 0 N–H and O–H groups in total. The zero-order valence-electron chi connectivity index (χ0n) is 15.0. The van der Waals surface area contributed by atoms with Crippen molar-refractivity contribution in [1.29, 1.82) is 0 Å². The lowest BCUT2D eigenvalue weighted by Gasteiger charge is -2.36. The van der Waals surface area contributed by atoms with E-state index in [1.807, 2.05) is 13.0 Å². The number of hydrogen-bond acceptors (Lipinski definition) is 5. The molecule has 0 bridgehead atoms. The number of carbonyl (C=O) groups excluding carboxylic acids is 1. The fraction of sp³-hybridized carbons (Fsp3) is 0.333. The van der Waals surface area contributed by atoms with Crippen molar-refractivity contribution in [2.24, 2.45) is 0 Å². The van der Waals surface area contributed by atoms with E-state index in [0.29, 0.717) is 32.0 Å². The highest BCUT2D eigenvalue weighted by Crippen LogP contribution is 2.29. The molecule has 0 saturated carbocycles.